The molecule has 1 N–H and O–H groups in total. The lowest BCUT2D eigenvalue weighted by Crippen LogP contribution is -2.23. The average molecular weight is 484 g/mol. The second-order valence-corrected chi connectivity index (χ2v) is 6.45. The van der Waals surface area contributed by atoms with Crippen LogP contribution in [0.2, 0.25) is 5.02 Å². The van der Waals surface area contributed by atoms with Gasteiger partial charge in [0, 0.05) is 3.57 Å². The van der Waals surface area contributed by atoms with Crippen LogP contribution in [0.4, 0.5) is 18.9 Å². The Hall–Kier alpha value is -1.81. The van der Waals surface area contributed by atoms with Gasteiger partial charge in [0.1, 0.15) is 0 Å². The number of anilines is 1. The predicted octanol–water partition coefficient (Wildman–Crippen LogP) is 4.76. The summed E-state index contributed by atoms with van der Waals surface area (Å²) in [5.41, 5.74) is -1.43. The Morgan fingerprint density at radius 1 is 1.16 bits per heavy atom. The van der Waals surface area contributed by atoms with Crippen LogP contribution in [0.15, 0.2) is 42.5 Å². The van der Waals surface area contributed by atoms with Crippen molar-refractivity contribution >= 4 is 51.8 Å². The summed E-state index contributed by atoms with van der Waals surface area (Å²) in [6.07, 6.45) is -4.69. The molecule has 0 aromatic heterocycles. The van der Waals surface area contributed by atoms with E-state index in [0.29, 0.717) is 0 Å². The van der Waals surface area contributed by atoms with Crippen LogP contribution in [0, 0.1) is 3.57 Å². The van der Waals surface area contributed by atoms with Crippen LogP contribution in [-0.2, 0) is 15.7 Å². The Morgan fingerprint density at radius 2 is 1.84 bits per heavy atom. The largest absolute Gasteiger partial charge is 0.452 e. The maximum atomic E-state index is 13.0. The number of carbonyl (C=O) groups excluding carboxylic acids is 2. The number of ether oxygens (including phenoxy) is 1. The van der Waals surface area contributed by atoms with E-state index in [0.717, 1.165) is 15.7 Å². The Balaban J connectivity index is 2.05. The van der Waals surface area contributed by atoms with Gasteiger partial charge in [0.2, 0.25) is 0 Å². The molecule has 4 nitrogen and oxygen atoms in total. The van der Waals surface area contributed by atoms with Crippen LogP contribution in [0.1, 0.15) is 15.9 Å². The van der Waals surface area contributed by atoms with Crippen molar-refractivity contribution in [2.45, 2.75) is 6.18 Å². The number of hydrogen-bond acceptors (Lipinski definition) is 3. The van der Waals surface area contributed by atoms with E-state index in [2.05, 4.69) is 0 Å². The Kier molecular flexibility index (Phi) is 6.28. The number of hydrogen-bond donors (Lipinski definition) is 1. The molecule has 2 aromatic carbocycles. The molecule has 2 rings (SSSR count). The van der Waals surface area contributed by atoms with E-state index in [1.165, 1.54) is 12.1 Å². The summed E-state index contributed by atoms with van der Waals surface area (Å²) < 4.78 is 44.5. The molecule has 2 aromatic rings. The number of alkyl halides is 3. The zero-order chi connectivity index (χ0) is 18.6. The summed E-state index contributed by atoms with van der Waals surface area (Å²) in [5.74, 6) is -1.69. The monoisotopic (exact) mass is 483 g/mol. The molecule has 0 saturated heterocycles. The van der Waals surface area contributed by atoms with E-state index >= 15 is 0 Å². The first-order valence-corrected chi connectivity index (χ1v) is 8.22. The molecule has 0 spiro atoms. The molecule has 0 bridgehead atoms. The number of carbonyl (C=O) groups is 2. The fourth-order valence-corrected chi connectivity index (χ4v) is 2.66. The summed E-state index contributed by atoms with van der Waals surface area (Å²) >= 11 is 7.73. The SMILES string of the molecule is O=C(COC(=O)c1cccc(I)c1)Nc1c(Cl)cccc1C(F)(F)F. The number of rotatable bonds is 4. The van der Waals surface area contributed by atoms with Gasteiger partial charge in [0.25, 0.3) is 5.91 Å². The van der Waals surface area contributed by atoms with Crippen LogP contribution >= 0.6 is 34.2 Å². The van der Waals surface area contributed by atoms with Crippen LogP contribution in [0.5, 0.6) is 0 Å². The molecule has 0 fully saturated rings. The van der Waals surface area contributed by atoms with E-state index < -0.39 is 35.9 Å². The highest BCUT2D eigenvalue weighted by Crippen LogP contribution is 2.38. The highest BCUT2D eigenvalue weighted by atomic mass is 127. The highest BCUT2D eigenvalue weighted by molar-refractivity contribution is 14.1. The van der Waals surface area contributed by atoms with Crippen molar-refractivity contribution in [2.24, 2.45) is 0 Å². The third-order valence-electron chi connectivity index (χ3n) is 2.98. The van der Waals surface area contributed by atoms with Crippen molar-refractivity contribution in [1.82, 2.24) is 0 Å². The minimum atomic E-state index is -4.69. The first-order chi connectivity index (χ1) is 11.7. The van der Waals surface area contributed by atoms with Crippen molar-refractivity contribution in [3.8, 4) is 0 Å². The molecule has 25 heavy (non-hydrogen) atoms. The predicted molar refractivity (Wildman–Crippen MR) is 94.5 cm³/mol. The molecule has 0 saturated carbocycles. The fraction of sp³-hybridized carbons (Fsp3) is 0.125. The quantitative estimate of drug-likeness (QED) is 0.504. The molecular weight excluding hydrogens is 474 g/mol. The van der Waals surface area contributed by atoms with Crippen molar-refractivity contribution < 1.29 is 27.5 Å². The van der Waals surface area contributed by atoms with Crippen molar-refractivity contribution in [1.29, 1.82) is 0 Å². The van der Waals surface area contributed by atoms with Gasteiger partial charge in [-0.3, -0.25) is 4.79 Å². The second-order valence-electron chi connectivity index (χ2n) is 4.79. The normalized spacial score (nSPS) is 11.1. The van der Waals surface area contributed by atoms with Gasteiger partial charge in [0.05, 0.1) is 21.8 Å². The van der Waals surface area contributed by atoms with Gasteiger partial charge in [-0.2, -0.15) is 13.2 Å². The molecule has 0 aliphatic rings. The summed E-state index contributed by atoms with van der Waals surface area (Å²) in [4.78, 5) is 23.7. The van der Waals surface area contributed by atoms with Crippen molar-refractivity contribution in [2.75, 3.05) is 11.9 Å². The number of halogens is 5. The smallest absolute Gasteiger partial charge is 0.418 e. The number of esters is 1. The lowest BCUT2D eigenvalue weighted by Gasteiger charge is -2.15. The highest BCUT2D eigenvalue weighted by Gasteiger charge is 2.34. The third kappa shape index (κ3) is 5.33. The maximum absolute atomic E-state index is 13.0. The number of para-hydroxylation sites is 1. The van der Waals surface area contributed by atoms with Gasteiger partial charge in [-0.25, -0.2) is 4.79 Å². The zero-order valence-electron chi connectivity index (χ0n) is 12.4. The molecule has 0 unspecified atom stereocenters. The van der Waals surface area contributed by atoms with Crippen LogP contribution in [-0.4, -0.2) is 18.5 Å². The van der Waals surface area contributed by atoms with Crippen molar-refractivity contribution in [3.05, 3.63) is 62.2 Å². The lowest BCUT2D eigenvalue weighted by atomic mass is 10.1. The van der Waals surface area contributed by atoms with Gasteiger partial charge < -0.3 is 10.1 Å². The number of nitrogens with one attached hydrogen (secondary N) is 1. The first kappa shape index (κ1) is 19.5. The Labute approximate surface area is 159 Å². The zero-order valence-corrected chi connectivity index (χ0v) is 15.3. The number of amides is 1. The Morgan fingerprint density at radius 3 is 2.48 bits per heavy atom. The molecule has 0 heterocycles. The molecule has 0 aliphatic heterocycles. The summed E-state index contributed by atoms with van der Waals surface area (Å²) in [6.45, 7) is -0.743. The topological polar surface area (TPSA) is 55.4 Å². The van der Waals surface area contributed by atoms with E-state index in [9.17, 15) is 22.8 Å². The van der Waals surface area contributed by atoms with Gasteiger partial charge in [-0.1, -0.05) is 23.7 Å². The summed E-state index contributed by atoms with van der Waals surface area (Å²) in [5, 5.41) is 1.76. The maximum Gasteiger partial charge on any atom is 0.418 e. The van der Waals surface area contributed by atoms with Gasteiger partial charge in [-0.05, 0) is 52.9 Å². The second kappa shape index (κ2) is 8.05. The van der Waals surface area contributed by atoms with Crippen LogP contribution < -0.4 is 5.32 Å². The van der Waals surface area contributed by atoms with Gasteiger partial charge in [0.15, 0.2) is 6.61 Å². The van der Waals surface area contributed by atoms with E-state index in [1.54, 1.807) is 18.2 Å². The molecule has 132 valence electrons. The van der Waals surface area contributed by atoms with Gasteiger partial charge in [-0.15, -0.1) is 0 Å². The molecule has 0 aliphatic carbocycles. The van der Waals surface area contributed by atoms with Crippen molar-refractivity contribution in [3.63, 3.8) is 0 Å². The molecular formula is C16H10ClF3INO3. The fourth-order valence-electron chi connectivity index (χ4n) is 1.89. The molecule has 9 heteroatoms. The number of benzene rings is 2. The minimum Gasteiger partial charge on any atom is -0.452 e. The van der Waals surface area contributed by atoms with E-state index in [1.807, 2.05) is 27.9 Å². The average Bonchev–Trinajstić information content (AvgIpc) is 2.53. The minimum absolute atomic E-state index is 0.230. The van der Waals surface area contributed by atoms with Gasteiger partial charge >= 0.3 is 12.1 Å². The third-order valence-corrected chi connectivity index (χ3v) is 3.96. The standard InChI is InChI=1S/C16H10ClF3INO3/c17-12-6-2-5-11(16(18,19)20)14(12)22-13(23)8-25-15(24)9-3-1-4-10(21)7-9/h1-7H,8H2,(H,22,23). The molecule has 0 radical (unpaired) electrons. The van der Waals surface area contributed by atoms with E-state index in [4.69, 9.17) is 16.3 Å². The molecule has 1 amide bonds. The summed E-state index contributed by atoms with van der Waals surface area (Å²) in [7, 11) is 0. The van der Waals surface area contributed by atoms with E-state index in [-0.39, 0.29) is 10.6 Å². The summed E-state index contributed by atoms with van der Waals surface area (Å²) in [6, 6.07) is 9.58. The Bertz CT molecular complexity index is 811. The van der Waals surface area contributed by atoms with Crippen LogP contribution in [0.3, 0.4) is 0 Å². The molecule has 0 atom stereocenters. The van der Waals surface area contributed by atoms with Crippen LogP contribution in [0.25, 0.3) is 0 Å². The first-order valence-electron chi connectivity index (χ1n) is 6.76. The lowest BCUT2D eigenvalue weighted by molar-refractivity contribution is -0.137.